The molecule has 0 aliphatic carbocycles. The van der Waals surface area contributed by atoms with E-state index < -0.39 is 0 Å². The molecule has 32 heavy (non-hydrogen) atoms. The summed E-state index contributed by atoms with van der Waals surface area (Å²) in [4.78, 5) is 14.5. The first-order chi connectivity index (χ1) is 15.5. The number of hydrogen-bond acceptors (Lipinski definition) is 5. The summed E-state index contributed by atoms with van der Waals surface area (Å²) in [5.41, 5.74) is 10.3. The second kappa shape index (κ2) is 8.58. The van der Waals surface area contributed by atoms with Crippen LogP contribution in [0.15, 0.2) is 49.1 Å². The molecule has 4 heterocycles. The van der Waals surface area contributed by atoms with E-state index in [-0.39, 0.29) is 0 Å². The van der Waals surface area contributed by atoms with E-state index >= 15 is 0 Å². The Hall–Kier alpha value is -2.87. The molecule has 0 amide bonds. The Morgan fingerprint density at radius 3 is 2.53 bits per heavy atom. The summed E-state index contributed by atoms with van der Waals surface area (Å²) in [6, 6.07) is 7.80. The predicted molar refractivity (Wildman–Crippen MR) is 129 cm³/mol. The van der Waals surface area contributed by atoms with Gasteiger partial charge in [0.2, 0.25) is 0 Å². The normalized spacial score (nSPS) is 15.3. The van der Waals surface area contributed by atoms with E-state index in [4.69, 9.17) is 28.9 Å². The highest BCUT2D eigenvalue weighted by molar-refractivity contribution is 6.39. The van der Waals surface area contributed by atoms with Crippen LogP contribution in [0.2, 0.25) is 10.0 Å². The highest BCUT2D eigenvalue weighted by Gasteiger charge is 2.20. The van der Waals surface area contributed by atoms with Crippen LogP contribution in [0.25, 0.3) is 33.8 Å². The van der Waals surface area contributed by atoms with Crippen molar-refractivity contribution in [2.75, 3.05) is 25.9 Å². The number of aromatic nitrogens is 5. The molecule has 7 nitrogen and oxygen atoms in total. The lowest BCUT2D eigenvalue weighted by Gasteiger charge is -2.28. The van der Waals surface area contributed by atoms with Gasteiger partial charge in [0.1, 0.15) is 11.6 Å². The van der Waals surface area contributed by atoms with Crippen LogP contribution in [-0.4, -0.2) is 49.8 Å². The van der Waals surface area contributed by atoms with Crippen molar-refractivity contribution in [1.29, 1.82) is 0 Å². The molecule has 0 bridgehead atoms. The number of nitrogens with zero attached hydrogens (tertiary/aromatic N) is 5. The van der Waals surface area contributed by atoms with E-state index in [2.05, 4.69) is 42.9 Å². The van der Waals surface area contributed by atoms with Crippen LogP contribution in [0.4, 0.5) is 5.82 Å². The number of imidazole rings is 1. The molecular weight excluding hydrogens is 445 g/mol. The third-order valence-electron chi connectivity index (χ3n) is 5.98. The molecule has 164 valence electrons. The van der Waals surface area contributed by atoms with Crippen LogP contribution in [0.1, 0.15) is 18.9 Å². The summed E-state index contributed by atoms with van der Waals surface area (Å²) in [7, 11) is 2.16. The predicted octanol–water partition coefficient (Wildman–Crippen LogP) is 5.16. The highest BCUT2D eigenvalue weighted by atomic mass is 35.5. The van der Waals surface area contributed by atoms with E-state index in [9.17, 15) is 0 Å². The molecule has 1 aromatic carbocycles. The number of pyridine rings is 1. The molecule has 1 fully saturated rings. The van der Waals surface area contributed by atoms with Gasteiger partial charge in [0.15, 0.2) is 0 Å². The van der Waals surface area contributed by atoms with Crippen LogP contribution in [0, 0.1) is 0 Å². The Morgan fingerprint density at radius 1 is 1.03 bits per heavy atom. The molecule has 1 aliphatic heterocycles. The Bertz CT molecular complexity index is 1230. The first kappa shape index (κ1) is 21.0. The van der Waals surface area contributed by atoms with E-state index in [1.807, 2.05) is 18.3 Å². The minimum Gasteiger partial charge on any atom is -0.383 e. The van der Waals surface area contributed by atoms with Gasteiger partial charge in [-0.3, -0.25) is 4.68 Å². The summed E-state index contributed by atoms with van der Waals surface area (Å²) in [6.07, 6.45) is 9.64. The molecule has 3 aromatic heterocycles. The zero-order chi connectivity index (χ0) is 22.2. The highest BCUT2D eigenvalue weighted by Crippen LogP contribution is 2.35. The van der Waals surface area contributed by atoms with Crippen molar-refractivity contribution < 1.29 is 0 Å². The monoisotopic (exact) mass is 467 g/mol. The number of nitrogen functional groups attached to an aromatic ring is 1. The molecule has 0 spiro atoms. The molecule has 0 unspecified atom stereocenters. The van der Waals surface area contributed by atoms with Crippen LogP contribution in [-0.2, 0) is 0 Å². The first-order valence-corrected chi connectivity index (χ1v) is 11.2. The second-order valence-corrected chi connectivity index (χ2v) is 8.96. The summed E-state index contributed by atoms with van der Waals surface area (Å²) in [5.74, 6) is 0.994. The molecule has 9 heteroatoms. The standard InChI is InChI=1S/C23H23Cl2N7/c1-31-7-5-16(6-8-31)32-13-15(11-29-32)14-9-17(22(26)27-10-14)23-28-12-20(30-23)21-18(24)3-2-4-19(21)25/h2-4,9-13,16H,5-8H2,1H3,(H2,26,27)(H,28,30). The van der Waals surface area contributed by atoms with E-state index in [1.165, 1.54) is 0 Å². The minimum absolute atomic E-state index is 0.391. The van der Waals surface area contributed by atoms with Gasteiger partial charge in [0, 0.05) is 29.1 Å². The average molecular weight is 468 g/mol. The van der Waals surface area contributed by atoms with Gasteiger partial charge in [0.05, 0.1) is 39.7 Å². The molecular formula is C23H23Cl2N7. The van der Waals surface area contributed by atoms with Gasteiger partial charge < -0.3 is 15.6 Å². The number of benzene rings is 1. The van der Waals surface area contributed by atoms with Gasteiger partial charge >= 0.3 is 0 Å². The molecule has 0 atom stereocenters. The number of nitrogens with two attached hydrogens (primary N) is 1. The van der Waals surface area contributed by atoms with Crippen molar-refractivity contribution in [2.45, 2.75) is 18.9 Å². The number of likely N-dealkylation sites (tertiary alicyclic amines) is 1. The maximum Gasteiger partial charge on any atom is 0.141 e. The summed E-state index contributed by atoms with van der Waals surface area (Å²) < 4.78 is 2.07. The third kappa shape index (κ3) is 3.99. The second-order valence-electron chi connectivity index (χ2n) is 8.14. The fourth-order valence-electron chi connectivity index (χ4n) is 4.11. The lowest BCUT2D eigenvalue weighted by Crippen LogP contribution is -2.31. The van der Waals surface area contributed by atoms with E-state index in [1.54, 1.807) is 24.5 Å². The maximum absolute atomic E-state index is 6.35. The number of hydrogen-bond donors (Lipinski definition) is 2. The van der Waals surface area contributed by atoms with Crippen molar-refractivity contribution in [2.24, 2.45) is 0 Å². The largest absolute Gasteiger partial charge is 0.383 e. The Balaban J connectivity index is 1.45. The minimum atomic E-state index is 0.391. The van der Waals surface area contributed by atoms with Gasteiger partial charge in [-0.25, -0.2) is 9.97 Å². The fourth-order valence-corrected chi connectivity index (χ4v) is 4.71. The van der Waals surface area contributed by atoms with Gasteiger partial charge in [-0.15, -0.1) is 0 Å². The molecule has 1 aliphatic rings. The average Bonchev–Trinajstić information content (AvgIpc) is 3.45. The number of nitrogens with one attached hydrogen (secondary N) is 1. The number of halogens is 2. The summed E-state index contributed by atoms with van der Waals surface area (Å²) >= 11 is 12.7. The van der Waals surface area contributed by atoms with Crippen molar-refractivity contribution in [3.05, 3.63) is 59.1 Å². The number of H-pyrrole nitrogens is 1. The van der Waals surface area contributed by atoms with Crippen LogP contribution >= 0.6 is 23.2 Å². The van der Waals surface area contributed by atoms with Gasteiger partial charge in [-0.2, -0.15) is 5.10 Å². The number of piperidine rings is 1. The fraction of sp³-hybridized carbons (Fsp3) is 0.261. The van der Waals surface area contributed by atoms with Crippen LogP contribution in [0.3, 0.4) is 0 Å². The maximum atomic E-state index is 6.35. The lowest BCUT2D eigenvalue weighted by atomic mass is 10.1. The van der Waals surface area contributed by atoms with Crippen molar-refractivity contribution in [3.8, 4) is 33.8 Å². The Labute approximate surface area is 196 Å². The third-order valence-corrected chi connectivity index (χ3v) is 6.61. The van der Waals surface area contributed by atoms with E-state index in [0.717, 1.165) is 42.8 Å². The number of rotatable bonds is 4. The van der Waals surface area contributed by atoms with E-state index in [0.29, 0.717) is 38.9 Å². The molecule has 1 saturated heterocycles. The Kier molecular flexibility index (Phi) is 5.63. The molecule has 4 aromatic rings. The topological polar surface area (TPSA) is 88.6 Å². The number of anilines is 1. The smallest absolute Gasteiger partial charge is 0.141 e. The quantitative estimate of drug-likeness (QED) is 0.432. The first-order valence-electron chi connectivity index (χ1n) is 10.5. The van der Waals surface area contributed by atoms with Gasteiger partial charge in [0.25, 0.3) is 0 Å². The molecule has 0 saturated carbocycles. The van der Waals surface area contributed by atoms with Crippen LogP contribution < -0.4 is 5.73 Å². The molecule has 3 N–H and O–H groups in total. The molecule has 0 radical (unpaired) electrons. The lowest BCUT2D eigenvalue weighted by molar-refractivity contribution is 0.212. The summed E-state index contributed by atoms with van der Waals surface area (Å²) in [5, 5.41) is 5.72. The van der Waals surface area contributed by atoms with Crippen molar-refractivity contribution in [3.63, 3.8) is 0 Å². The van der Waals surface area contributed by atoms with Crippen LogP contribution in [0.5, 0.6) is 0 Å². The molecule has 5 rings (SSSR count). The Morgan fingerprint density at radius 2 is 1.78 bits per heavy atom. The van der Waals surface area contributed by atoms with Gasteiger partial charge in [-0.1, -0.05) is 29.3 Å². The zero-order valence-corrected chi connectivity index (χ0v) is 19.1. The van der Waals surface area contributed by atoms with Crippen molar-refractivity contribution in [1.82, 2.24) is 29.6 Å². The summed E-state index contributed by atoms with van der Waals surface area (Å²) in [6.45, 7) is 2.17. The SMILES string of the molecule is CN1CCC(n2cc(-c3cnc(N)c(-c4ncc(-c5c(Cl)cccc5Cl)[nH]4)c3)cn2)CC1. The van der Waals surface area contributed by atoms with Gasteiger partial charge in [-0.05, 0) is 51.2 Å². The number of aromatic amines is 1. The van der Waals surface area contributed by atoms with Crippen molar-refractivity contribution >= 4 is 29.0 Å². The zero-order valence-electron chi connectivity index (χ0n) is 17.6.